The van der Waals surface area contributed by atoms with E-state index in [0.29, 0.717) is 17.7 Å². The van der Waals surface area contributed by atoms with E-state index in [1.807, 2.05) is 0 Å². The number of benzene rings is 1. The number of nitrogens with one attached hydrogen (secondary N) is 1. The Balaban J connectivity index is 2.06. The Labute approximate surface area is 111 Å². The molecule has 0 saturated carbocycles. The molecule has 6 nitrogen and oxygen atoms in total. The molecule has 1 amide bonds. The van der Waals surface area contributed by atoms with Crippen LogP contribution in [0.1, 0.15) is 28.8 Å². The molecule has 1 fully saturated rings. The summed E-state index contributed by atoms with van der Waals surface area (Å²) in [5, 5.41) is 14.5. The summed E-state index contributed by atoms with van der Waals surface area (Å²) >= 11 is 0. The first-order valence-electron chi connectivity index (χ1n) is 6.17. The SMILES string of the molecule is N/C(=N/O)c1cccc(C(=O)NC2CCCOC2)c1. The van der Waals surface area contributed by atoms with Crippen molar-refractivity contribution in [2.24, 2.45) is 10.9 Å². The zero-order valence-electron chi connectivity index (χ0n) is 10.5. The molecule has 1 aromatic carbocycles. The summed E-state index contributed by atoms with van der Waals surface area (Å²) in [5.74, 6) is -0.196. The standard InChI is InChI=1S/C13H17N3O3/c14-12(16-18)9-3-1-4-10(7-9)13(17)15-11-5-2-6-19-8-11/h1,3-4,7,11,18H,2,5-6,8H2,(H2,14,16)(H,15,17). The summed E-state index contributed by atoms with van der Waals surface area (Å²) in [4.78, 5) is 12.1. The van der Waals surface area contributed by atoms with Crippen molar-refractivity contribution in [1.82, 2.24) is 5.32 Å². The van der Waals surface area contributed by atoms with Gasteiger partial charge in [-0.1, -0.05) is 17.3 Å². The normalized spacial score (nSPS) is 20.0. The van der Waals surface area contributed by atoms with Gasteiger partial charge in [-0.05, 0) is 25.0 Å². The summed E-state index contributed by atoms with van der Waals surface area (Å²) in [7, 11) is 0. The number of nitrogens with zero attached hydrogens (tertiary/aromatic N) is 1. The summed E-state index contributed by atoms with van der Waals surface area (Å²) in [6, 6.07) is 6.70. The van der Waals surface area contributed by atoms with Crippen molar-refractivity contribution in [2.45, 2.75) is 18.9 Å². The Morgan fingerprint density at radius 3 is 2.95 bits per heavy atom. The van der Waals surface area contributed by atoms with Crippen molar-refractivity contribution in [3.8, 4) is 0 Å². The molecule has 102 valence electrons. The third kappa shape index (κ3) is 3.45. The molecule has 0 bridgehead atoms. The third-order valence-electron chi connectivity index (χ3n) is 3.02. The van der Waals surface area contributed by atoms with Gasteiger partial charge in [-0.25, -0.2) is 0 Å². The minimum absolute atomic E-state index is 0.0179. The number of hydrogen-bond acceptors (Lipinski definition) is 4. The molecule has 4 N–H and O–H groups in total. The van der Waals surface area contributed by atoms with E-state index in [-0.39, 0.29) is 17.8 Å². The molecule has 1 aromatic rings. The van der Waals surface area contributed by atoms with Crippen molar-refractivity contribution >= 4 is 11.7 Å². The Hall–Kier alpha value is -2.08. The Morgan fingerprint density at radius 2 is 2.26 bits per heavy atom. The number of ether oxygens (including phenoxy) is 1. The predicted octanol–water partition coefficient (Wildman–Crippen LogP) is 0.690. The number of nitrogens with two attached hydrogens (primary N) is 1. The number of amidine groups is 1. The molecular formula is C13H17N3O3. The Morgan fingerprint density at radius 1 is 1.47 bits per heavy atom. The summed E-state index contributed by atoms with van der Waals surface area (Å²) < 4.78 is 5.31. The minimum Gasteiger partial charge on any atom is -0.409 e. The molecule has 1 atom stereocenters. The van der Waals surface area contributed by atoms with E-state index in [4.69, 9.17) is 15.7 Å². The van der Waals surface area contributed by atoms with Gasteiger partial charge < -0.3 is 21.0 Å². The van der Waals surface area contributed by atoms with Crippen LogP contribution in [0, 0.1) is 0 Å². The van der Waals surface area contributed by atoms with Gasteiger partial charge in [-0.2, -0.15) is 0 Å². The van der Waals surface area contributed by atoms with Crippen LogP contribution in [0.5, 0.6) is 0 Å². The van der Waals surface area contributed by atoms with Gasteiger partial charge in [0.1, 0.15) is 0 Å². The van der Waals surface area contributed by atoms with Crippen molar-refractivity contribution in [2.75, 3.05) is 13.2 Å². The fraction of sp³-hybridized carbons (Fsp3) is 0.385. The van der Waals surface area contributed by atoms with E-state index < -0.39 is 0 Å². The zero-order chi connectivity index (χ0) is 13.7. The van der Waals surface area contributed by atoms with Crippen LogP contribution >= 0.6 is 0 Å². The van der Waals surface area contributed by atoms with Gasteiger partial charge in [0.25, 0.3) is 5.91 Å². The predicted molar refractivity (Wildman–Crippen MR) is 70.3 cm³/mol. The molecule has 6 heteroatoms. The van der Waals surface area contributed by atoms with Crippen LogP contribution in [0.4, 0.5) is 0 Å². The second-order valence-electron chi connectivity index (χ2n) is 4.45. The zero-order valence-corrected chi connectivity index (χ0v) is 10.5. The highest BCUT2D eigenvalue weighted by molar-refractivity contribution is 6.01. The molecule has 0 aliphatic carbocycles. The number of oxime groups is 1. The molecule has 0 radical (unpaired) electrons. The van der Waals surface area contributed by atoms with E-state index in [1.165, 1.54) is 0 Å². The average molecular weight is 263 g/mol. The number of carbonyl (C=O) groups is 1. The van der Waals surface area contributed by atoms with Gasteiger partial charge in [-0.15, -0.1) is 0 Å². The average Bonchev–Trinajstić information content (AvgIpc) is 2.47. The molecule has 1 unspecified atom stereocenters. The summed E-state index contributed by atoms with van der Waals surface area (Å²) in [6.45, 7) is 1.30. The third-order valence-corrected chi connectivity index (χ3v) is 3.02. The second kappa shape index (κ2) is 6.19. The molecule has 19 heavy (non-hydrogen) atoms. The van der Waals surface area contributed by atoms with Crippen LogP contribution in [0.15, 0.2) is 29.4 Å². The van der Waals surface area contributed by atoms with Gasteiger partial charge >= 0.3 is 0 Å². The lowest BCUT2D eigenvalue weighted by molar-refractivity contribution is 0.0624. The lowest BCUT2D eigenvalue weighted by atomic mass is 10.1. The fourth-order valence-corrected chi connectivity index (χ4v) is 2.00. The maximum atomic E-state index is 12.1. The van der Waals surface area contributed by atoms with Crippen LogP contribution < -0.4 is 11.1 Å². The summed E-state index contributed by atoms with van der Waals surface area (Å²) in [5.41, 5.74) is 6.49. The van der Waals surface area contributed by atoms with E-state index in [2.05, 4.69) is 10.5 Å². The minimum atomic E-state index is -0.178. The number of amides is 1. The first kappa shape index (κ1) is 13.4. The van der Waals surface area contributed by atoms with Crippen molar-refractivity contribution in [3.05, 3.63) is 35.4 Å². The molecule has 2 rings (SSSR count). The van der Waals surface area contributed by atoms with Crippen LogP contribution in [0.3, 0.4) is 0 Å². The van der Waals surface area contributed by atoms with Crippen molar-refractivity contribution < 1.29 is 14.7 Å². The van der Waals surface area contributed by atoms with Crippen LogP contribution in [-0.2, 0) is 4.74 Å². The lowest BCUT2D eigenvalue weighted by Gasteiger charge is -2.23. The highest BCUT2D eigenvalue weighted by atomic mass is 16.5. The highest BCUT2D eigenvalue weighted by Gasteiger charge is 2.17. The second-order valence-corrected chi connectivity index (χ2v) is 4.45. The van der Waals surface area contributed by atoms with E-state index >= 15 is 0 Å². The first-order valence-corrected chi connectivity index (χ1v) is 6.17. The monoisotopic (exact) mass is 263 g/mol. The molecule has 1 aliphatic heterocycles. The topological polar surface area (TPSA) is 96.9 Å². The fourth-order valence-electron chi connectivity index (χ4n) is 2.00. The van der Waals surface area contributed by atoms with Gasteiger partial charge in [-0.3, -0.25) is 4.79 Å². The Kier molecular flexibility index (Phi) is 4.35. The lowest BCUT2D eigenvalue weighted by Crippen LogP contribution is -2.40. The largest absolute Gasteiger partial charge is 0.409 e. The number of rotatable bonds is 3. The van der Waals surface area contributed by atoms with Gasteiger partial charge in [0.2, 0.25) is 0 Å². The summed E-state index contributed by atoms with van der Waals surface area (Å²) in [6.07, 6.45) is 1.88. The van der Waals surface area contributed by atoms with Crippen molar-refractivity contribution in [1.29, 1.82) is 0 Å². The molecule has 0 aromatic heterocycles. The van der Waals surface area contributed by atoms with Crippen LogP contribution in [0.2, 0.25) is 0 Å². The molecular weight excluding hydrogens is 246 g/mol. The molecule has 1 heterocycles. The maximum absolute atomic E-state index is 12.1. The molecule has 1 aliphatic rings. The van der Waals surface area contributed by atoms with Gasteiger partial charge in [0.15, 0.2) is 5.84 Å². The smallest absolute Gasteiger partial charge is 0.251 e. The van der Waals surface area contributed by atoms with Crippen LogP contribution in [0.25, 0.3) is 0 Å². The molecule has 1 saturated heterocycles. The maximum Gasteiger partial charge on any atom is 0.251 e. The van der Waals surface area contributed by atoms with Gasteiger partial charge in [0, 0.05) is 17.7 Å². The number of hydrogen-bond donors (Lipinski definition) is 3. The van der Waals surface area contributed by atoms with E-state index in [1.54, 1.807) is 24.3 Å². The van der Waals surface area contributed by atoms with Crippen LogP contribution in [-0.4, -0.2) is 36.2 Å². The first-order chi connectivity index (χ1) is 9.20. The number of carbonyl (C=O) groups excluding carboxylic acids is 1. The van der Waals surface area contributed by atoms with Crippen molar-refractivity contribution in [3.63, 3.8) is 0 Å². The van der Waals surface area contributed by atoms with E-state index in [9.17, 15) is 4.79 Å². The Bertz CT molecular complexity index is 482. The quantitative estimate of drug-likeness (QED) is 0.323. The molecule has 0 spiro atoms. The van der Waals surface area contributed by atoms with Gasteiger partial charge in [0.05, 0.1) is 12.6 Å². The highest BCUT2D eigenvalue weighted by Crippen LogP contribution is 2.09. The van der Waals surface area contributed by atoms with E-state index in [0.717, 1.165) is 19.4 Å².